The van der Waals surface area contributed by atoms with E-state index in [2.05, 4.69) is 24.1 Å². The lowest BCUT2D eigenvalue weighted by atomic mass is 9.84. The fourth-order valence-electron chi connectivity index (χ4n) is 3.57. The van der Waals surface area contributed by atoms with Crippen LogP contribution in [0.3, 0.4) is 0 Å². The third-order valence-corrected chi connectivity index (χ3v) is 5.59. The second-order valence-corrected chi connectivity index (χ2v) is 8.20. The smallest absolute Gasteiger partial charge is 0.226 e. The maximum Gasteiger partial charge on any atom is 0.226 e. The van der Waals surface area contributed by atoms with Gasteiger partial charge in [-0.1, -0.05) is 37.6 Å². The predicted octanol–water partition coefficient (Wildman–Crippen LogP) is 2.69. The van der Waals surface area contributed by atoms with Crippen LogP contribution in [0, 0.1) is 5.92 Å². The Labute approximate surface area is 164 Å². The fraction of sp³-hybridized carbons (Fsp3) is 0.450. The zero-order valence-corrected chi connectivity index (χ0v) is 16.8. The Morgan fingerprint density at radius 3 is 2.74 bits per heavy atom. The number of aryl methyl sites for hydroxylation is 1. The number of nitrogens with one attached hydrogen (secondary N) is 1. The number of carbonyl (C=O) groups excluding carboxylic acids is 2. The molecule has 1 aromatic carbocycles. The summed E-state index contributed by atoms with van der Waals surface area (Å²) < 4.78 is 1.86. The maximum absolute atomic E-state index is 12.9. The van der Waals surface area contributed by atoms with Crippen LogP contribution in [0.1, 0.15) is 37.7 Å². The van der Waals surface area contributed by atoms with Gasteiger partial charge < -0.3 is 14.8 Å². The zero-order chi connectivity index (χ0) is 19.8. The molecule has 3 rings (SSSR count). The number of benzene rings is 1. The van der Waals surface area contributed by atoms with Gasteiger partial charge in [-0.2, -0.15) is 0 Å². The average molecular weight is 389 g/mol. The van der Waals surface area contributed by atoms with E-state index in [1.807, 2.05) is 42.1 Å². The summed E-state index contributed by atoms with van der Waals surface area (Å²) in [5, 5.41) is 3.71. The van der Waals surface area contributed by atoms with E-state index < -0.39 is 5.92 Å². The lowest BCUT2D eigenvalue weighted by Gasteiger charge is -2.28. The molecule has 0 aliphatic carbocycles. The average Bonchev–Trinajstić information content (AvgIpc) is 3.16. The summed E-state index contributed by atoms with van der Waals surface area (Å²) >= 11 is 6.10. The van der Waals surface area contributed by atoms with E-state index in [0.717, 1.165) is 11.4 Å². The van der Waals surface area contributed by atoms with Crippen LogP contribution in [0.4, 0.5) is 0 Å². The number of amides is 2. The Bertz CT molecular complexity index is 861. The van der Waals surface area contributed by atoms with Gasteiger partial charge in [0.2, 0.25) is 11.8 Å². The Kier molecular flexibility index (Phi) is 5.29. The number of aromatic nitrogens is 2. The number of halogens is 1. The van der Waals surface area contributed by atoms with E-state index in [0.29, 0.717) is 11.6 Å². The summed E-state index contributed by atoms with van der Waals surface area (Å²) in [6, 6.07) is 7.30. The number of rotatable bonds is 5. The van der Waals surface area contributed by atoms with Gasteiger partial charge in [0, 0.05) is 49.9 Å². The highest BCUT2D eigenvalue weighted by atomic mass is 35.5. The molecule has 1 N–H and O–H groups in total. The van der Waals surface area contributed by atoms with E-state index >= 15 is 0 Å². The Morgan fingerprint density at radius 1 is 1.37 bits per heavy atom. The van der Waals surface area contributed by atoms with E-state index in [9.17, 15) is 9.59 Å². The molecule has 2 heterocycles. The van der Waals surface area contributed by atoms with Crippen LogP contribution in [0.2, 0.25) is 5.02 Å². The minimum absolute atomic E-state index is 0.0442. The van der Waals surface area contributed by atoms with Crippen molar-refractivity contribution >= 4 is 23.4 Å². The van der Waals surface area contributed by atoms with Crippen LogP contribution in [0.15, 0.2) is 36.7 Å². The monoisotopic (exact) mass is 388 g/mol. The molecule has 2 atom stereocenters. The normalized spacial score (nSPS) is 20.2. The van der Waals surface area contributed by atoms with Crippen molar-refractivity contribution in [2.24, 2.45) is 13.0 Å². The summed E-state index contributed by atoms with van der Waals surface area (Å²) in [4.78, 5) is 31.2. The van der Waals surface area contributed by atoms with E-state index in [-0.39, 0.29) is 29.7 Å². The molecular weight excluding hydrogens is 364 g/mol. The molecule has 27 heavy (non-hydrogen) atoms. The van der Waals surface area contributed by atoms with E-state index in [1.54, 1.807) is 18.1 Å². The van der Waals surface area contributed by atoms with Crippen LogP contribution in [-0.2, 0) is 22.1 Å². The lowest BCUT2D eigenvalue weighted by molar-refractivity contribution is -0.128. The molecule has 0 unspecified atom stereocenters. The quantitative estimate of drug-likeness (QED) is 0.856. The van der Waals surface area contributed by atoms with Gasteiger partial charge in [0.1, 0.15) is 11.9 Å². The number of carbonyl (C=O) groups is 2. The highest BCUT2D eigenvalue weighted by Crippen LogP contribution is 2.36. The van der Waals surface area contributed by atoms with Crippen molar-refractivity contribution < 1.29 is 9.59 Å². The first-order valence-electron chi connectivity index (χ1n) is 8.97. The van der Waals surface area contributed by atoms with Crippen LogP contribution in [0.25, 0.3) is 0 Å². The number of nitrogens with zero attached hydrogens (tertiary/aromatic N) is 3. The lowest BCUT2D eigenvalue weighted by Crippen LogP contribution is -2.41. The molecule has 6 nitrogen and oxygen atoms in total. The van der Waals surface area contributed by atoms with Crippen molar-refractivity contribution in [3.63, 3.8) is 0 Å². The summed E-state index contributed by atoms with van der Waals surface area (Å²) in [6.07, 6.45) is 3.70. The van der Waals surface area contributed by atoms with Gasteiger partial charge in [-0.15, -0.1) is 0 Å². The van der Waals surface area contributed by atoms with Crippen molar-refractivity contribution in [1.29, 1.82) is 0 Å². The molecule has 0 saturated carbocycles. The molecule has 1 aromatic heterocycles. The highest BCUT2D eigenvalue weighted by molar-refractivity contribution is 6.30. The van der Waals surface area contributed by atoms with Crippen LogP contribution in [0.5, 0.6) is 0 Å². The molecule has 0 bridgehead atoms. The van der Waals surface area contributed by atoms with Crippen molar-refractivity contribution in [2.45, 2.75) is 31.7 Å². The first-order valence-corrected chi connectivity index (χ1v) is 9.35. The number of imidazole rings is 1. The summed E-state index contributed by atoms with van der Waals surface area (Å²) in [5.41, 5.74) is 0.768. The maximum atomic E-state index is 12.9. The molecule has 1 aliphatic heterocycles. The topological polar surface area (TPSA) is 67.2 Å². The van der Waals surface area contributed by atoms with Crippen LogP contribution >= 0.6 is 11.6 Å². The van der Waals surface area contributed by atoms with E-state index in [4.69, 9.17) is 11.6 Å². The molecule has 2 aromatic rings. The number of hydrogen-bond donors (Lipinski definition) is 1. The highest BCUT2D eigenvalue weighted by Gasteiger charge is 2.44. The molecule has 144 valence electrons. The molecule has 1 fully saturated rings. The fourth-order valence-corrected chi connectivity index (χ4v) is 3.76. The van der Waals surface area contributed by atoms with Crippen LogP contribution in [-0.4, -0.2) is 39.9 Å². The zero-order valence-electron chi connectivity index (χ0n) is 16.1. The van der Waals surface area contributed by atoms with Crippen molar-refractivity contribution in [3.8, 4) is 0 Å². The third-order valence-electron chi connectivity index (χ3n) is 5.36. The van der Waals surface area contributed by atoms with Gasteiger partial charge in [0.05, 0.1) is 5.92 Å². The summed E-state index contributed by atoms with van der Waals surface area (Å²) in [7, 11) is 3.60. The molecule has 0 radical (unpaired) electrons. The van der Waals surface area contributed by atoms with Gasteiger partial charge in [-0.25, -0.2) is 4.98 Å². The standard InChI is InChI=1S/C20H25ClN4O2/c1-20(2,13-6-5-7-14(21)10-13)12-23-19(27)15-11-16(26)25(4)17(15)18-22-8-9-24(18)3/h5-10,15,17H,11-12H2,1-4H3,(H,23,27)/t15-,17-/m0/s1. The molecule has 1 aliphatic rings. The van der Waals surface area contributed by atoms with Gasteiger partial charge in [0.25, 0.3) is 0 Å². The first kappa shape index (κ1) is 19.4. The summed E-state index contributed by atoms with van der Waals surface area (Å²) in [6.45, 7) is 4.57. The minimum Gasteiger partial charge on any atom is -0.355 e. The largest absolute Gasteiger partial charge is 0.355 e. The molecular formula is C20H25ClN4O2. The molecule has 1 saturated heterocycles. The van der Waals surface area contributed by atoms with E-state index in [1.165, 1.54) is 0 Å². The van der Waals surface area contributed by atoms with Crippen molar-refractivity contribution in [2.75, 3.05) is 13.6 Å². The number of hydrogen-bond acceptors (Lipinski definition) is 3. The van der Waals surface area contributed by atoms with Crippen molar-refractivity contribution in [3.05, 3.63) is 53.1 Å². The molecule has 7 heteroatoms. The third kappa shape index (κ3) is 3.86. The minimum atomic E-state index is -0.459. The predicted molar refractivity (Wildman–Crippen MR) is 104 cm³/mol. The van der Waals surface area contributed by atoms with Crippen LogP contribution < -0.4 is 5.32 Å². The van der Waals surface area contributed by atoms with Gasteiger partial charge in [-0.05, 0) is 17.7 Å². The second-order valence-electron chi connectivity index (χ2n) is 7.77. The summed E-state index contributed by atoms with van der Waals surface area (Å²) in [5.74, 6) is 0.0874. The number of likely N-dealkylation sites (tertiary alicyclic amines) is 1. The SMILES string of the molecule is CN1C(=O)C[C@H](C(=O)NCC(C)(C)c2cccc(Cl)c2)[C@H]1c1nccn1C. The Hall–Kier alpha value is -2.34. The van der Waals surface area contributed by atoms with Crippen molar-refractivity contribution in [1.82, 2.24) is 19.8 Å². The Morgan fingerprint density at radius 2 is 2.11 bits per heavy atom. The second kappa shape index (κ2) is 7.35. The first-order chi connectivity index (χ1) is 12.7. The Balaban J connectivity index is 1.75. The molecule has 2 amide bonds. The van der Waals surface area contributed by atoms with Gasteiger partial charge >= 0.3 is 0 Å². The van der Waals surface area contributed by atoms with Gasteiger partial charge in [-0.3, -0.25) is 9.59 Å². The molecule has 0 spiro atoms. The van der Waals surface area contributed by atoms with Gasteiger partial charge in [0.15, 0.2) is 0 Å².